The summed E-state index contributed by atoms with van der Waals surface area (Å²) in [5.41, 5.74) is 3.03. The van der Waals surface area contributed by atoms with E-state index in [9.17, 15) is 14.8 Å². The van der Waals surface area contributed by atoms with E-state index in [2.05, 4.69) is 9.97 Å². The molecule has 0 saturated carbocycles. The maximum absolute atomic E-state index is 12.8. The van der Waals surface area contributed by atoms with Gasteiger partial charge < -0.3 is 9.55 Å². The highest BCUT2D eigenvalue weighted by atomic mass is 16.5. The number of hydrogen-bond donors (Lipinski definition) is 2. The second kappa shape index (κ2) is 5.39. The molecule has 1 aliphatic rings. The molecular weight excluding hydrogens is 344 g/mol. The van der Waals surface area contributed by atoms with Crippen molar-refractivity contribution in [2.24, 2.45) is 7.05 Å². The predicted octanol–water partition coefficient (Wildman–Crippen LogP) is 2.72. The summed E-state index contributed by atoms with van der Waals surface area (Å²) in [6, 6.07) is 11.2. The van der Waals surface area contributed by atoms with Gasteiger partial charge in [-0.1, -0.05) is 18.2 Å². The van der Waals surface area contributed by atoms with E-state index < -0.39 is 11.8 Å². The van der Waals surface area contributed by atoms with Crippen LogP contribution in [-0.2, 0) is 16.6 Å². The third-order valence-corrected chi connectivity index (χ3v) is 4.95. The van der Waals surface area contributed by atoms with Gasteiger partial charge in [-0.3, -0.25) is 14.8 Å². The number of imide groups is 1. The van der Waals surface area contributed by atoms with Crippen molar-refractivity contribution in [3.05, 3.63) is 66.1 Å². The lowest BCUT2D eigenvalue weighted by molar-refractivity contribution is -0.168. The topological polar surface area (TPSA) is 91.2 Å². The van der Waals surface area contributed by atoms with Gasteiger partial charge in [0.1, 0.15) is 5.65 Å². The maximum Gasteiger partial charge on any atom is 0.286 e. The molecule has 4 heterocycles. The molecule has 2 amide bonds. The molecule has 0 unspecified atom stereocenters. The Morgan fingerprint density at radius 3 is 2.48 bits per heavy atom. The number of rotatable bonds is 2. The number of nitrogens with one attached hydrogen (secondary N) is 1. The third-order valence-electron chi connectivity index (χ3n) is 4.95. The van der Waals surface area contributed by atoms with E-state index in [1.54, 1.807) is 24.7 Å². The van der Waals surface area contributed by atoms with Gasteiger partial charge in [-0.05, 0) is 18.2 Å². The Morgan fingerprint density at radius 2 is 1.67 bits per heavy atom. The molecule has 0 spiro atoms. The third kappa shape index (κ3) is 2.03. The van der Waals surface area contributed by atoms with Crippen LogP contribution in [0, 0.1) is 0 Å². The van der Waals surface area contributed by atoms with Crippen LogP contribution in [0.3, 0.4) is 0 Å². The summed E-state index contributed by atoms with van der Waals surface area (Å²) < 4.78 is 1.89. The average Bonchev–Trinajstić information content (AvgIpc) is 3.32. The number of hydroxylamine groups is 2. The minimum atomic E-state index is -0.743. The number of amides is 2. The van der Waals surface area contributed by atoms with Crippen molar-refractivity contribution in [3.63, 3.8) is 0 Å². The number of carbonyl (C=O) groups is 2. The predicted molar refractivity (Wildman–Crippen MR) is 99.5 cm³/mol. The molecule has 0 bridgehead atoms. The first-order chi connectivity index (χ1) is 13.1. The minimum absolute atomic E-state index is 0.165. The number of hydrogen-bond acceptors (Lipinski definition) is 4. The zero-order valence-electron chi connectivity index (χ0n) is 14.3. The van der Waals surface area contributed by atoms with Crippen LogP contribution < -0.4 is 0 Å². The Morgan fingerprint density at radius 1 is 0.963 bits per heavy atom. The van der Waals surface area contributed by atoms with Gasteiger partial charge >= 0.3 is 0 Å². The molecule has 0 radical (unpaired) electrons. The van der Waals surface area contributed by atoms with Gasteiger partial charge in [0.25, 0.3) is 11.8 Å². The zero-order chi connectivity index (χ0) is 18.7. The van der Waals surface area contributed by atoms with Crippen LogP contribution >= 0.6 is 0 Å². The maximum atomic E-state index is 12.8. The summed E-state index contributed by atoms with van der Waals surface area (Å²) in [5, 5.41) is 11.8. The Labute approximate surface area is 153 Å². The van der Waals surface area contributed by atoms with Crippen molar-refractivity contribution in [2.75, 3.05) is 0 Å². The average molecular weight is 358 g/mol. The van der Waals surface area contributed by atoms with E-state index in [0.717, 1.165) is 10.9 Å². The molecule has 132 valence electrons. The molecule has 7 nitrogen and oxygen atoms in total. The van der Waals surface area contributed by atoms with Gasteiger partial charge in [0.15, 0.2) is 0 Å². The summed E-state index contributed by atoms with van der Waals surface area (Å²) in [6.45, 7) is 0. The first-order valence-corrected chi connectivity index (χ1v) is 8.37. The van der Waals surface area contributed by atoms with Gasteiger partial charge in [0, 0.05) is 53.1 Å². The Hall–Kier alpha value is -3.71. The molecule has 0 atom stereocenters. The van der Waals surface area contributed by atoms with Gasteiger partial charge in [-0.2, -0.15) is 0 Å². The molecular formula is C20H14N4O3. The Kier molecular flexibility index (Phi) is 3.10. The number of benzene rings is 1. The highest BCUT2D eigenvalue weighted by molar-refractivity contribution is 6.50. The standard InChI is InChI=1S/C20H14N4O3/c1-23-10-14(11-5-2-3-7-15(11)23)17-16(19(25)24(27)20(17)26)13-9-22-18-12(13)6-4-8-21-18/h2-10,27H,1H3,(H,21,22). The highest BCUT2D eigenvalue weighted by Crippen LogP contribution is 2.40. The molecule has 2 N–H and O–H groups in total. The number of nitrogens with zero attached hydrogens (tertiary/aromatic N) is 3. The fraction of sp³-hybridized carbons (Fsp3) is 0.0500. The van der Waals surface area contributed by atoms with Gasteiger partial charge in [-0.15, -0.1) is 5.06 Å². The molecule has 4 aromatic rings. The van der Waals surface area contributed by atoms with Crippen LogP contribution in [0.2, 0.25) is 0 Å². The van der Waals surface area contributed by atoms with Gasteiger partial charge in [0.2, 0.25) is 0 Å². The van der Waals surface area contributed by atoms with E-state index in [4.69, 9.17) is 0 Å². The van der Waals surface area contributed by atoms with Gasteiger partial charge in [0.05, 0.1) is 11.1 Å². The smallest absolute Gasteiger partial charge is 0.286 e. The molecule has 0 fully saturated rings. The van der Waals surface area contributed by atoms with Crippen molar-refractivity contribution in [3.8, 4) is 0 Å². The van der Waals surface area contributed by atoms with Crippen LogP contribution in [0.4, 0.5) is 0 Å². The van der Waals surface area contributed by atoms with E-state index in [0.29, 0.717) is 22.2 Å². The second-order valence-corrected chi connectivity index (χ2v) is 6.44. The van der Waals surface area contributed by atoms with Crippen molar-refractivity contribution < 1.29 is 14.8 Å². The summed E-state index contributed by atoms with van der Waals surface area (Å²) in [5.74, 6) is -1.47. The molecule has 1 aliphatic heterocycles. The normalized spacial score (nSPS) is 15.0. The van der Waals surface area contributed by atoms with Crippen LogP contribution in [0.25, 0.3) is 33.1 Å². The van der Waals surface area contributed by atoms with E-state index in [1.807, 2.05) is 41.9 Å². The van der Waals surface area contributed by atoms with Crippen LogP contribution in [0.1, 0.15) is 11.1 Å². The molecule has 7 heteroatoms. The largest absolute Gasteiger partial charge is 0.350 e. The van der Waals surface area contributed by atoms with Crippen molar-refractivity contribution in [1.82, 2.24) is 19.6 Å². The first-order valence-electron chi connectivity index (χ1n) is 8.37. The van der Waals surface area contributed by atoms with E-state index in [1.165, 1.54) is 0 Å². The number of para-hydroxylation sites is 1. The molecule has 27 heavy (non-hydrogen) atoms. The fourth-order valence-corrected chi connectivity index (χ4v) is 3.72. The first kappa shape index (κ1) is 15.5. The number of pyridine rings is 1. The van der Waals surface area contributed by atoms with Crippen LogP contribution in [0.5, 0.6) is 0 Å². The van der Waals surface area contributed by atoms with Crippen molar-refractivity contribution in [1.29, 1.82) is 0 Å². The second-order valence-electron chi connectivity index (χ2n) is 6.44. The molecule has 1 aromatic carbocycles. The van der Waals surface area contributed by atoms with Gasteiger partial charge in [-0.25, -0.2) is 4.98 Å². The lowest BCUT2D eigenvalue weighted by Crippen LogP contribution is -2.27. The number of aromatic nitrogens is 3. The van der Waals surface area contributed by atoms with E-state index in [-0.39, 0.29) is 16.2 Å². The number of fused-ring (bicyclic) bond motifs is 2. The Balaban J connectivity index is 1.88. The molecule has 3 aromatic heterocycles. The fourth-order valence-electron chi connectivity index (χ4n) is 3.72. The van der Waals surface area contributed by atoms with E-state index >= 15 is 0 Å². The number of aryl methyl sites for hydroxylation is 1. The minimum Gasteiger partial charge on any atom is -0.350 e. The highest BCUT2D eigenvalue weighted by Gasteiger charge is 2.41. The number of carbonyl (C=O) groups excluding carboxylic acids is 2. The number of aromatic amines is 1. The lowest BCUT2D eigenvalue weighted by atomic mass is 9.96. The molecule has 0 aliphatic carbocycles. The zero-order valence-corrected chi connectivity index (χ0v) is 14.3. The summed E-state index contributed by atoms with van der Waals surface area (Å²) in [4.78, 5) is 32.8. The molecule has 0 saturated heterocycles. The number of H-pyrrole nitrogens is 1. The van der Waals surface area contributed by atoms with Crippen LogP contribution in [0.15, 0.2) is 55.0 Å². The summed E-state index contributed by atoms with van der Waals surface area (Å²) >= 11 is 0. The summed E-state index contributed by atoms with van der Waals surface area (Å²) in [7, 11) is 1.87. The van der Waals surface area contributed by atoms with Crippen molar-refractivity contribution >= 4 is 44.9 Å². The SMILES string of the molecule is Cn1cc(C2=C(c3c[nH]c4ncccc34)C(=O)N(O)C2=O)c2ccccc21. The lowest BCUT2D eigenvalue weighted by Gasteiger charge is -2.03. The quantitative estimate of drug-likeness (QED) is 0.426. The van der Waals surface area contributed by atoms with Crippen LogP contribution in [-0.4, -0.2) is 36.6 Å². The van der Waals surface area contributed by atoms with Crippen molar-refractivity contribution in [2.45, 2.75) is 0 Å². The Bertz CT molecular complexity index is 1300. The summed E-state index contributed by atoms with van der Waals surface area (Å²) in [6.07, 6.45) is 5.09. The monoisotopic (exact) mass is 358 g/mol. The molecule has 5 rings (SSSR count).